The number of carbonyl (C=O) groups is 1. The molecule has 0 spiro atoms. The first-order valence-electron chi connectivity index (χ1n) is 7.47. The zero-order chi connectivity index (χ0) is 16.7. The number of aromatic nitrogens is 2. The minimum atomic E-state index is -0.371. The van der Waals surface area contributed by atoms with Gasteiger partial charge >= 0.3 is 0 Å². The molecule has 6 nitrogen and oxygen atoms in total. The van der Waals surface area contributed by atoms with Gasteiger partial charge in [0.25, 0.3) is 11.6 Å². The van der Waals surface area contributed by atoms with Gasteiger partial charge in [0.2, 0.25) is 0 Å². The number of thiophene rings is 1. The van der Waals surface area contributed by atoms with Crippen molar-refractivity contribution in [1.29, 1.82) is 0 Å². The molecule has 24 heavy (non-hydrogen) atoms. The minimum absolute atomic E-state index is 0.298. The van der Waals surface area contributed by atoms with Crippen LogP contribution in [0.5, 0.6) is 0 Å². The predicted octanol–water partition coefficient (Wildman–Crippen LogP) is 3.37. The van der Waals surface area contributed by atoms with E-state index >= 15 is 0 Å². The maximum atomic E-state index is 12.9. The Morgan fingerprint density at radius 1 is 1.50 bits per heavy atom. The van der Waals surface area contributed by atoms with Crippen LogP contribution in [-0.2, 0) is 0 Å². The molecule has 4 rings (SSSR count). The lowest BCUT2D eigenvalue weighted by Gasteiger charge is -2.04. The van der Waals surface area contributed by atoms with Crippen LogP contribution in [0.25, 0.3) is 11.1 Å². The van der Waals surface area contributed by atoms with E-state index in [9.17, 15) is 9.18 Å². The number of hydrogen-bond acceptors (Lipinski definition) is 6. The SMILES string of the molecule is Cc1noc2nc(C3CC3)cc(C(=O)N/N=C/c3ccc(F)s3)c12. The molecule has 8 heteroatoms. The standard InChI is InChI=1S/C16H13FN4O2S/c1-8-14-11(6-12(9-2-3-9)19-16(14)23-21-8)15(22)20-18-7-10-4-5-13(17)24-10/h4-7,9H,2-3H2,1H3,(H,20,22)/b18-7+. The molecule has 0 aromatic carbocycles. The van der Waals surface area contributed by atoms with E-state index in [4.69, 9.17) is 4.52 Å². The number of pyridine rings is 1. The van der Waals surface area contributed by atoms with Crippen molar-refractivity contribution in [2.75, 3.05) is 0 Å². The van der Waals surface area contributed by atoms with Crippen LogP contribution < -0.4 is 5.43 Å². The third kappa shape index (κ3) is 2.80. The number of halogens is 1. The second kappa shape index (κ2) is 5.79. The fraction of sp³-hybridized carbons (Fsp3) is 0.250. The molecule has 122 valence electrons. The largest absolute Gasteiger partial charge is 0.336 e. The Hall–Kier alpha value is -2.61. The summed E-state index contributed by atoms with van der Waals surface area (Å²) in [6.45, 7) is 1.76. The molecule has 1 N–H and O–H groups in total. The topological polar surface area (TPSA) is 80.4 Å². The molecular formula is C16H13FN4O2S. The van der Waals surface area contributed by atoms with Crippen LogP contribution >= 0.6 is 11.3 Å². The predicted molar refractivity (Wildman–Crippen MR) is 87.9 cm³/mol. The van der Waals surface area contributed by atoms with Gasteiger partial charge < -0.3 is 4.52 Å². The Bertz CT molecular complexity index is 958. The van der Waals surface area contributed by atoms with Gasteiger partial charge in [-0.05, 0) is 38.0 Å². The van der Waals surface area contributed by atoms with Gasteiger partial charge in [-0.25, -0.2) is 10.4 Å². The van der Waals surface area contributed by atoms with Crippen LogP contribution in [0.1, 0.15) is 45.4 Å². The number of aryl methyl sites for hydroxylation is 1. The molecule has 1 aliphatic carbocycles. The zero-order valence-electron chi connectivity index (χ0n) is 12.7. The third-order valence-electron chi connectivity index (χ3n) is 3.83. The van der Waals surface area contributed by atoms with Crippen molar-refractivity contribution in [3.63, 3.8) is 0 Å². The summed E-state index contributed by atoms with van der Waals surface area (Å²) in [4.78, 5) is 17.6. The van der Waals surface area contributed by atoms with Crippen molar-refractivity contribution in [3.05, 3.63) is 45.2 Å². The second-order valence-electron chi connectivity index (χ2n) is 5.66. The van der Waals surface area contributed by atoms with Gasteiger partial charge in [-0.15, -0.1) is 11.3 Å². The van der Waals surface area contributed by atoms with Crippen molar-refractivity contribution in [3.8, 4) is 0 Å². The first kappa shape index (κ1) is 14.9. The zero-order valence-corrected chi connectivity index (χ0v) is 13.6. The van der Waals surface area contributed by atoms with E-state index in [0.717, 1.165) is 29.9 Å². The number of carbonyl (C=O) groups excluding carboxylic acids is 1. The summed E-state index contributed by atoms with van der Waals surface area (Å²) in [6.07, 6.45) is 3.54. The summed E-state index contributed by atoms with van der Waals surface area (Å²) >= 11 is 0.954. The first-order valence-corrected chi connectivity index (χ1v) is 8.29. The summed E-state index contributed by atoms with van der Waals surface area (Å²) in [7, 11) is 0. The molecule has 1 aliphatic rings. The highest BCUT2D eigenvalue weighted by Crippen LogP contribution is 2.40. The van der Waals surface area contributed by atoms with Crippen molar-refractivity contribution < 1.29 is 13.7 Å². The molecule has 1 amide bonds. The summed E-state index contributed by atoms with van der Waals surface area (Å²) in [6, 6.07) is 4.72. The van der Waals surface area contributed by atoms with Gasteiger partial charge in [-0.1, -0.05) is 5.16 Å². The summed E-state index contributed by atoms with van der Waals surface area (Å²) in [5.74, 6) is 0.00725. The van der Waals surface area contributed by atoms with E-state index in [1.165, 1.54) is 12.3 Å². The number of rotatable bonds is 4. The molecule has 0 bridgehead atoms. The van der Waals surface area contributed by atoms with Crippen molar-refractivity contribution in [2.45, 2.75) is 25.7 Å². The van der Waals surface area contributed by atoms with Crippen LogP contribution in [0.3, 0.4) is 0 Å². The van der Waals surface area contributed by atoms with Crippen molar-refractivity contribution >= 4 is 34.6 Å². The van der Waals surface area contributed by atoms with Gasteiger partial charge in [-0.3, -0.25) is 4.79 Å². The molecular weight excluding hydrogens is 331 g/mol. The normalized spacial score (nSPS) is 14.6. The number of nitrogens with zero attached hydrogens (tertiary/aromatic N) is 3. The van der Waals surface area contributed by atoms with E-state index in [-0.39, 0.29) is 11.0 Å². The van der Waals surface area contributed by atoms with Crippen molar-refractivity contribution in [1.82, 2.24) is 15.6 Å². The fourth-order valence-electron chi connectivity index (χ4n) is 2.49. The van der Waals surface area contributed by atoms with Crippen LogP contribution in [-0.4, -0.2) is 22.3 Å². The highest BCUT2D eigenvalue weighted by Gasteiger charge is 2.28. The van der Waals surface area contributed by atoms with Gasteiger partial charge in [0.05, 0.1) is 27.7 Å². The van der Waals surface area contributed by atoms with Gasteiger partial charge in [0.15, 0.2) is 5.13 Å². The maximum Gasteiger partial charge on any atom is 0.272 e. The first-order chi connectivity index (χ1) is 11.6. The van der Waals surface area contributed by atoms with Crippen LogP contribution in [0.2, 0.25) is 0 Å². The number of fused-ring (bicyclic) bond motifs is 1. The molecule has 0 atom stereocenters. The van der Waals surface area contributed by atoms with E-state index in [1.54, 1.807) is 19.1 Å². The lowest BCUT2D eigenvalue weighted by molar-refractivity contribution is 0.0956. The average molecular weight is 344 g/mol. The van der Waals surface area contributed by atoms with E-state index in [0.29, 0.717) is 33.2 Å². The van der Waals surface area contributed by atoms with Crippen molar-refractivity contribution in [2.24, 2.45) is 5.10 Å². The minimum Gasteiger partial charge on any atom is -0.336 e. The quantitative estimate of drug-likeness (QED) is 0.581. The Labute approximate surface area is 140 Å². The van der Waals surface area contributed by atoms with Gasteiger partial charge in [0.1, 0.15) is 0 Å². The monoisotopic (exact) mass is 344 g/mol. The summed E-state index contributed by atoms with van der Waals surface area (Å²) in [5.41, 5.74) is 4.72. The van der Waals surface area contributed by atoms with E-state index in [1.807, 2.05) is 0 Å². The Kier molecular flexibility index (Phi) is 3.61. The maximum absolute atomic E-state index is 12.9. The van der Waals surface area contributed by atoms with Gasteiger partial charge in [-0.2, -0.15) is 9.49 Å². The highest BCUT2D eigenvalue weighted by molar-refractivity contribution is 7.12. The molecule has 0 saturated heterocycles. The molecule has 3 aromatic rings. The molecule has 1 saturated carbocycles. The number of amides is 1. The Morgan fingerprint density at radius 3 is 3.04 bits per heavy atom. The molecule has 1 fully saturated rings. The van der Waals surface area contributed by atoms with Crippen LogP contribution in [0, 0.1) is 12.1 Å². The lowest BCUT2D eigenvalue weighted by Crippen LogP contribution is -2.18. The summed E-state index contributed by atoms with van der Waals surface area (Å²) < 4.78 is 18.1. The van der Waals surface area contributed by atoms with Crippen LogP contribution in [0.15, 0.2) is 27.8 Å². The van der Waals surface area contributed by atoms with E-state index in [2.05, 4.69) is 20.7 Å². The van der Waals surface area contributed by atoms with E-state index < -0.39 is 0 Å². The summed E-state index contributed by atoms with van der Waals surface area (Å²) in [5, 5.41) is 8.08. The van der Waals surface area contributed by atoms with Crippen LogP contribution in [0.4, 0.5) is 4.39 Å². The molecule has 0 aliphatic heterocycles. The molecule has 0 unspecified atom stereocenters. The second-order valence-corrected chi connectivity index (χ2v) is 6.72. The Morgan fingerprint density at radius 2 is 2.33 bits per heavy atom. The number of nitrogens with one attached hydrogen (secondary N) is 1. The lowest BCUT2D eigenvalue weighted by atomic mass is 10.1. The smallest absolute Gasteiger partial charge is 0.272 e. The number of hydrazone groups is 1. The molecule has 3 aromatic heterocycles. The average Bonchev–Trinajstić information content (AvgIpc) is 3.25. The third-order valence-corrected chi connectivity index (χ3v) is 4.64. The highest BCUT2D eigenvalue weighted by atomic mass is 32.1. The van der Waals surface area contributed by atoms with Gasteiger partial charge in [0, 0.05) is 11.6 Å². The Balaban J connectivity index is 1.63. The number of hydrogen-bond donors (Lipinski definition) is 1. The fourth-order valence-corrected chi connectivity index (χ4v) is 3.10. The molecule has 3 heterocycles. The molecule has 0 radical (unpaired) electrons.